The van der Waals surface area contributed by atoms with E-state index in [0.717, 1.165) is 4.57 Å². The Kier molecular flexibility index (Phi) is 6.00. The number of phosphoric ester groups is 1. The molecule has 1 aromatic rings. The molecule has 0 aliphatic heterocycles. The predicted octanol–water partition coefficient (Wildman–Crippen LogP) is -2.59. The highest BCUT2D eigenvalue weighted by Crippen LogP contribution is 2.35. The zero-order chi connectivity index (χ0) is 16.0. The summed E-state index contributed by atoms with van der Waals surface area (Å²) in [7, 11) is -4.70. The van der Waals surface area contributed by atoms with E-state index in [2.05, 4.69) is 14.8 Å². The van der Waals surface area contributed by atoms with E-state index in [1.807, 2.05) is 0 Å². The summed E-state index contributed by atoms with van der Waals surface area (Å²) >= 11 is 0. The molecule has 0 fully saturated rings. The number of rotatable bonds is 7. The van der Waals surface area contributed by atoms with Gasteiger partial charge in [-0.05, 0) is 6.07 Å². The fraction of sp³-hybridized carbons (Fsp3) is 0.444. The topological polar surface area (TPSA) is 177 Å². The number of amides is 1. The number of nitrogens with one attached hydrogen (secondary N) is 1. The van der Waals surface area contributed by atoms with Gasteiger partial charge in [-0.3, -0.25) is 13.9 Å². The molecule has 0 spiro atoms. The van der Waals surface area contributed by atoms with Crippen LogP contribution in [0, 0.1) is 0 Å². The zero-order valence-corrected chi connectivity index (χ0v) is 11.6. The molecule has 0 aromatic carbocycles. The number of nitrogens with two attached hydrogens (primary N) is 1. The van der Waals surface area contributed by atoms with Crippen molar-refractivity contribution >= 4 is 19.5 Å². The van der Waals surface area contributed by atoms with Crippen molar-refractivity contribution in [3.8, 4) is 0 Å². The Labute approximate surface area is 118 Å². The quantitative estimate of drug-likeness (QED) is 0.337. The van der Waals surface area contributed by atoms with E-state index in [-0.39, 0.29) is 5.82 Å². The Morgan fingerprint density at radius 3 is 2.76 bits per heavy atom. The maximum atomic E-state index is 11.7. The van der Waals surface area contributed by atoms with Gasteiger partial charge in [-0.2, -0.15) is 4.98 Å². The van der Waals surface area contributed by atoms with Crippen LogP contribution in [0.1, 0.15) is 0 Å². The van der Waals surface area contributed by atoms with Gasteiger partial charge in [-0.25, -0.2) is 9.36 Å². The van der Waals surface area contributed by atoms with Crippen LogP contribution < -0.4 is 16.7 Å². The molecule has 0 saturated carbocycles. The van der Waals surface area contributed by atoms with Crippen molar-refractivity contribution < 1.29 is 28.8 Å². The van der Waals surface area contributed by atoms with Crippen LogP contribution in [0.5, 0.6) is 0 Å². The normalized spacial score (nSPS) is 12.9. The standard InChI is InChI=1S/C9H15N4O7P/c10-7-1-2-13(9(16)12-7)3-8(15)11-6(4-14)5-20-21(17,18)19/h1-2,6,14H,3-5H2,(H,11,15)(H2,10,12,16)(H2,17,18,19)/t6-/m1/s1. The molecule has 1 amide bonds. The van der Waals surface area contributed by atoms with Crippen LogP contribution in [-0.2, 0) is 20.4 Å². The molecule has 118 valence electrons. The number of nitrogen functional groups attached to an aromatic ring is 1. The summed E-state index contributed by atoms with van der Waals surface area (Å²) < 4.78 is 15.7. The van der Waals surface area contributed by atoms with Crippen molar-refractivity contribution in [1.29, 1.82) is 0 Å². The van der Waals surface area contributed by atoms with E-state index in [9.17, 15) is 14.2 Å². The number of carbonyl (C=O) groups excluding carboxylic acids is 1. The summed E-state index contributed by atoms with van der Waals surface area (Å²) in [5, 5.41) is 11.2. The molecule has 1 aromatic heterocycles. The van der Waals surface area contributed by atoms with Gasteiger partial charge in [0.1, 0.15) is 12.4 Å². The molecular weight excluding hydrogens is 307 g/mol. The number of nitrogens with zero attached hydrogens (tertiary/aromatic N) is 2. The molecule has 0 saturated heterocycles. The van der Waals surface area contributed by atoms with Gasteiger partial charge < -0.3 is 25.9 Å². The number of carbonyl (C=O) groups is 1. The van der Waals surface area contributed by atoms with Crippen LogP contribution in [0.25, 0.3) is 0 Å². The van der Waals surface area contributed by atoms with Gasteiger partial charge in [-0.1, -0.05) is 0 Å². The number of hydrogen-bond donors (Lipinski definition) is 5. The lowest BCUT2D eigenvalue weighted by atomic mass is 10.3. The number of aliphatic hydroxyl groups excluding tert-OH is 1. The molecule has 0 bridgehead atoms. The summed E-state index contributed by atoms with van der Waals surface area (Å²) in [6.07, 6.45) is 1.27. The Bertz CT molecular complexity index is 598. The fourth-order valence-electron chi connectivity index (χ4n) is 1.32. The Morgan fingerprint density at radius 1 is 1.57 bits per heavy atom. The number of aliphatic hydroxyl groups is 1. The minimum absolute atomic E-state index is 0.0138. The number of aromatic nitrogens is 2. The lowest BCUT2D eigenvalue weighted by Gasteiger charge is -2.17. The Morgan fingerprint density at radius 2 is 2.24 bits per heavy atom. The average molecular weight is 322 g/mol. The van der Waals surface area contributed by atoms with Gasteiger partial charge in [0, 0.05) is 6.20 Å². The number of anilines is 1. The lowest BCUT2D eigenvalue weighted by Crippen LogP contribution is -2.43. The molecular formula is C9H15N4O7P. The van der Waals surface area contributed by atoms with Gasteiger partial charge in [0.25, 0.3) is 0 Å². The molecule has 0 aliphatic rings. The molecule has 1 rings (SSSR count). The Balaban J connectivity index is 2.58. The third-order valence-electron chi connectivity index (χ3n) is 2.24. The molecule has 6 N–H and O–H groups in total. The molecule has 21 heavy (non-hydrogen) atoms. The van der Waals surface area contributed by atoms with E-state index in [1.54, 1.807) is 0 Å². The van der Waals surface area contributed by atoms with Crippen molar-refractivity contribution in [3.05, 3.63) is 22.7 Å². The second kappa shape index (κ2) is 7.29. The van der Waals surface area contributed by atoms with Crippen molar-refractivity contribution in [1.82, 2.24) is 14.9 Å². The van der Waals surface area contributed by atoms with E-state index < -0.39 is 45.2 Å². The summed E-state index contributed by atoms with van der Waals surface area (Å²) in [6.45, 7) is -1.57. The average Bonchev–Trinajstić information content (AvgIpc) is 2.37. The van der Waals surface area contributed by atoms with Crippen LogP contribution in [0.4, 0.5) is 5.82 Å². The minimum atomic E-state index is -4.70. The molecule has 0 aliphatic carbocycles. The molecule has 0 radical (unpaired) electrons. The predicted molar refractivity (Wildman–Crippen MR) is 69.9 cm³/mol. The van der Waals surface area contributed by atoms with Crippen molar-refractivity contribution in [2.24, 2.45) is 0 Å². The van der Waals surface area contributed by atoms with Crippen LogP contribution in [-0.4, -0.2) is 49.6 Å². The highest BCUT2D eigenvalue weighted by Gasteiger charge is 2.19. The van der Waals surface area contributed by atoms with Crippen molar-refractivity contribution in [2.45, 2.75) is 12.6 Å². The lowest BCUT2D eigenvalue weighted by molar-refractivity contribution is -0.123. The first-order chi connectivity index (χ1) is 9.71. The van der Waals surface area contributed by atoms with Gasteiger partial charge in [0.05, 0.1) is 19.3 Å². The molecule has 1 atom stereocenters. The summed E-state index contributed by atoms with van der Waals surface area (Å²) in [6, 6.07) is 0.303. The molecule has 0 unspecified atom stereocenters. The van der Waals surface area contributed by atoms with Crippen molar-refractivity contribution in [3.63, 3.8) is 0 Å². The van der Waals surface area contributed by atoms with E-state index in [1.165, 1.54) is 12.3 Å². The molecule has 1 heterocycles. The van der Waals surface area contributed by atoms with Gasteiger partial charge in [0.15, 0.2) is 0 Å². The van der Waals surface area contributed by atoms with Gasteiger partial charge >= 0.3 is 13.5 Å². The van der Waals surface area contributed by atoms with Crippen LogP contribution >= 0.6 is 7.82 Å². The van der Waals surface area contributed by atoms with Crippen LogP contribution in [0.15, 0.2) is 17.1 Å². The summed E-state index contributed by atoms with van der Waals surface area (Å²) in [4.78, 5) is 43.5. The second-order valence-electron chi connectivity index (χ2n) is 4.00. The maximum Gasteiger partial charge on any atom is 0.469 e. The van der Waals surface area contributed by atoms with E-state index >= 15 is 0 Å². The highest BCUT2D eigenvalue weighted by molar-refractivity contribution is 7.46. The van der Waals surface area contributed by atoms with E-state index in [0.29, 0.717) is 0 Å². The fourth-order valence-corrected chi connectivity index (χ4v) is 1.69. The maximum absolute atomic E-state index is 11.7. The SMILES string of the molecule is Nc1ccn(CC(=O)N[C@H](CO)COP(=O)(O)O)c(=O)n1. The van der Waals surface area contributed by atoms with E-state index in [4.69, 9.17) is 20.6 Å². The third-order valence-corrected chi connectivity index (χ3v) is 2.72. The monoisotopic (exact) mass is 322 g/mol. The minimum Gasteiger partial charge on any atom is -0.394 e. The van der Waals surface area contributed by atoms with Crippen molar-refractivity contribution in [2.75, 3.05) is 18.9 Å². The number of hydrogen-bond acceptors (Lipinski definition) is 7. The first-order valence-corrected chi connectivity index (χ1v) is 7.17. The zero-order valence-electron chi connectivity index (χ0n) is 10.7. The molecule has 11 nitrogen and oxygen atoms in total. The second-order valence-corrected chi connectivity index (χ2v) is 5.24. The first kappa shape index (κ1) is 17.3. The highest BCUT2D eigenvalue weighted by atomic mass is 31.2. The van der Waals surface area contributed by atoms with Gasteiger partial charge in [-0.15, -0.1) is 0 Å². The van der Waals surface area contributed by atoms with Crippen LogP contribution in [0.2, 0.25) is 0 Å². The third kappa shape index (κ3) is 6.47. The summed E-state index contributed by atoms with van der Waals surface area (Å²) in [5.41, 5.74) is 4.57. The number of phosphoric acid groups is 1. The molecule has 12 heteroatoms. The Hall–Kier alpha value is -1.78. The first-order valence-electron chi connectivity index (χ1n) is 5.64. The smallest absolute Gasteiger partial charge is 0.394 e. The van der Waals surface area contributed by atoms with Gasteiger partial charge in [0.2, 0.25) is 5.91 Å². The van der Waals surface area contributed by atoms with Crippen LogP contribution in [0.3, 0.4) is 0 Å². The largest absolute Gasteiger partial charge is 0.469 e. The summed E-state index contributed by atoms with van der Waals surface area (Å²) in [5.74, 6) is -0.656.